The van der Waals surface area contributed by atoms with Crippen LogP contribution in [-0.2, 0) is 27.8 Å². The van der Waals surface area contributed by atoms with E-state index in [1.54, 1.807) is 4.68 Å². The molecule has 0 atom stereocenters. The van der Waals surface area contributed by atoms with E-state index in [2.05, 4.69) is 15.2 Å². The second-order valence-electron chi connectivity index (χ2n) is 4.48. The number of nitrogens with zero attached hydrogens (tertiary/aromatic N) is 2. The van der Waals surface area contributed by atoms with Crippen molar-refractivity contribution in [3.8, 4) is 0 Å². The standard InChI is InChI=1S/C13H21N3O3/c1-9-11(10(2)16(3)15-9)8-12(17)14-7-5-6-13(18)19-4/h5-8H2,1-4H3,(H,14,17). The van der Waals surface area contributed by atoms with Crippen molar-refractivity contribution in [2.45, 2.75) is 33.1 Å². The molecule has 6 heteroatoms. The lowest BCUT2D eigenvalue weighted by Crippen LogP contribution is -2.27. The predicted octanol–water partition coefficient (Wildman–Crippen LogP) is 0.649. The maximum absolute atomic E-state index is 11.8. The summed E-state index contributed by atoms with van der Waals surface area (Å²) in [7, 11) is 3.22. The number of amides is 1. The smallest absolute Gasteiger partial charge is 0.305 e. The minimum atomic E-state index is -0.256. The number of aromatic nitrogens is 2. The number of hydrogen-bond donors (Lipinski definition) is 1. The summed E-state index contributed by atoms with van der Waals surface area (Å²) in [5.74, 6) is -0.308. The van der Waals surface area contributed by atoms with Crippen LogP contribution in [0.1, 0.15) is 29.8 Å². The van der Waals surface area contributed by atoms with Crippen LogP contribution in [0.15, 0.2) is 0 Å². The van der Waals surface area contributed by atoms with Crippen LogP contribution in [-0.4, -0.2) is 35.3 Å². The molecule has 0 aliphatic heterocycles. The van der Waals surface area contributed by atoms with Gasteiger partial charge < -0.3 is 10.1 Å². The van der Waals surface area contributed by atoms with Crippen molar-refractivity contribution in [1.29, 1.82) is 0 Å². The van der Waals surface area contributed by atoms with Crippen LogP contribution in [0.4, 0.5) is 0 Å². The number of ether oxygens (including phenoxy) is 1. The molecule has 6 nitrogen and oxygen atoms in total. The fourth-order valence-electron chi connectivity index (χ4n) is 1.86. The molecule has 0 radical (unpaired) electrons. The Balaban J connectivity index is 2.37. The normalized spacial score (nSPS) is 10.3. The van der Waals surface area contributed by atoms with Crippen LogP contribution >= 0.6 is 0 Å². The van der Waals surface area contributed by atoms with Gasteiger partial charge in [0.2, 0.25) is 5.91 Å². The van der Waals surface area contributed by atoms with Gasteiger partial charge in [0.1, 0.15) is 0 Å². The molecule has 0 aromatic carbocycles. The molecule has 0 bridgehead atoms. The number of rotatable bonds is 6. The molecule has 1 aromatic heterocycles. The van der Waals surface area contributed by atoms with Crippen LogP contribution in [0.25, 0.3) is 0 Å². The predicted molar refractivity (Wildman–Crippen MR) is 70.6 cm³/mol. The fraction of sp³-hybridized carbons (Fsp3) is 0.615. The molecular formula is C13H21N3O3. The first kappa shape index (κ1) is 15.2. The third-order valence-corrected chi connectivity index (χ3v) is 3.10. The summed E-state index contributed by atoms with van der Waals surface area (Å²) in [6.07, 6.45) is 1.23. The zero-order valence-corrected chi connectivity index (χ0v) is 11.9. The van der Waals surface area contributed by atoms with Crippen molar-refractivity contribution in [3.05, 3.63) is 17.0 Å². The summed E-state index contributed by atoms with van der Waals surface area (Å²) < 4.78 is 6.30. The minimum absolute atomic E-state index is 0.0518. The van der Waals surface area contributed by atoms with Crippen LogP contribution in [0.5, 0.6) is 0 Å². The number of nitrogens with one attached hydrogen (secondary N) is 1. The highest BCUT2D eigenvalue weighted by Gasteiger charge is 2.13. The second kappa shape index (κ2) is 6.92. The van der Waals surface area contributed by atoms with Gasteiger partial charge in [0.15, 0.2) is 0 Å². The average Bonchev–Trinajstić information content (AvgIpc) is 2.61. The number of hydrogen-bond acceptors (Lipinski definition) is 4. The van der Waals surface area contributed by atoms with E-state index in [1.165, 1.54) is 7.11 Å². The second-order valence-corrected chi connectivity index (χ2v) is 4.48. The molecule has 1 rings (SSSR count). The van der Waals surface area contributed by atoms with Gasteiger partial charge in [0, 0.05) is 31.3 Å². The first-order chi connectivity index (χ1) is 8.95. The van der Waals surface area contributed by atoms with E-state index in [0.717, 1.165) is 17.0 Å². The van der Waals surface area contributed by atoms with Crippen molar-refractivity contribution < 1.29 is 14.3 Å². The van der Waals surface area contributed by atoms with Crippen LogP contribution < -0.4 is 5.32 Å². The summed E-state index contributed by atoms with van der Waals surface area (Å²) >= 11 is 0. The molecule has 1 heterocycles. The average molecular weight is 267 g/mol. The van der Waals surface area contributed by atoms with Crippen LogP contribution in [0.3, 0.4) is 0 Å². The van der Waals surface area contributed by atoms with Crippen LogP contribution in [0, 0.1) is 13.8 Å². The van der Waals surface area contributed by atoms with Gasteiger partial charge in [-0.05, 0) is 20.3 Å². The van der Waals surface area contributed by atoms with E-state index >= 15 is 0 Å². The molecule has 0 saturated heterocycles. The molecule has 0 aliphatic carbocycles. The molecule has 106 valence electrons. The van der Waals surface area contributed by atoms with Gasteiger partial charge in [0.05, 0.1) is 19.2 Å². The largest absolute Gasteiger partial charge is 0.469 e. The Morgan fingerprint density at radius 2 is 2.05 bits per heavy atom. The first-order valence-corrected chi connectivity index (χ1v) is 6.28. The van der Waals surface area contributed by atoms with Crippen molar-refractivity contribution in [2.75, 3.05) is 13.7 Å². The van der Waals surface area contributed by atoms with Crippen molar-refractivity contribution in [3.63, 3.8) is 0 Å². The third kappa shape index (κ3) is 4.39. The summed E-state index contributed by atoms with van der Waals surface area (Å²) in [5.41, 5.74) is 2.85. The van der Waals surface area contributed by atoms with E-state index in [1.807, 2.05) is 20.9 Å². The molecule has 0 unspecified atom stereocenters. The maximum atomic E-state index is 11.8. The lowest BCUT2D eigenvalue weighted by Gasteiger charge is -2.05. The Bertz CT molecular complexity index is 466. The van der Waals surface area contributed by atoms with Gasteiger partial charge in [-0.2, -0.15) is 5.10 Å². The highest BCUT2D eigenvalue weighted by Crippen LogP contribution is 2.12. The van der Waals surface area contributed by atoms with Crippen molar-refractivity contribution in [2.24, 2.45) is 7.05 Å². The molecule has 0 aliphatic rings. The number of carbonyl (C=O) groups is 2. The Kier molecular flexibility index (Phi) is 5.54. The van der Waals surface area contributed by atoms with Crippen LogP contribution in [0.2, 0.25) is 0 Å². The highest BCUT2D eigenvalue weighted by molar-refractivity contribution is 5.79. The van der Waals surface area contributed by atoms with Gasteiger partial charge in [0.25, 0.3) is 0 Å². The number of methoxy groups -OCH3 is 1. The Hall–Kier alpha value is -1.85. The summed E-state index contributed by atoms with van der Waals surface area (Å²) in [4.78, 5) is 22.7. The zero-order valence-electron chi connectivity index (χ0n) is 11.9. The molecule has 1 amide bonds. The van der Waals surface area contributed by atoms with Gasteiger partial charge >= 0.3 is 5.97 Å². The van der Waals surface area contributed by atoms with E-state index in [0.29, 0.717) is 25.8 Å². The number of esters is 1. The third-order valence-electron chi connectivity index (χ3n) is 3.10. The first-order valence-electron chi connectivity index (χ1n) is 6.28. The molecule has 0 spiro atoms. The molecule has 1 aromatic rings. The molecule has 0 saturated carbocycles. The lowest BCUT2D eigenvalue weighted by atomic mass is 10.1. The van der Waals surface area contributed by atoms with Crippen molar-refractivity contribution in [1.82, 2.24) is 15.1 Å². The Labute approximate surface area is 113 Å². The Morgan fingerprint density at radius 1 is 1.37 bits per heavy atom. The van der Waals surface area contributed by atoms with E-state index in [4.69, 9.17) is 0 Å². The molecular weight excluding hydrogens is 246 g/mol. The summed E-state index contributed by atoms with van der Waals surface area (Å²) in [6, 6.07) is 0. The molecule has 0 fully saturated rings. The van der Waals surface area contributed by atoms with Gasteiger partial charge in [-0.1, -0.05) is 0 Å². The lowest BCUT2D eigenvalue weighted by molar-refractivity contribution is -0.140. The summed E-state index contributed by atoms with van der Waals surface area (Å²) in [5, 5.41) is 7.06. The Morgan fingerprint density at radius 3 is 2.58 bits per heavy atom. The topological polar surface area (TPSA) is 73.2 Å². The SMILES string of the molecule is COC(=O)CCCNC(=O)Cc1c(C)nn(C)c1C. The van der Waals surface area contributed by atoms with E-state index < -0.39 is 0 Å². The summed E-state index contributed by atoms with van der Waals surface area (Å²) in [6.45, 7) is 4.32. The quantitative estimate of drug-likeness (QED) is 0.606. The monoisotopic (exact) mass is 267 g/mol. The van der Waals surface area contributed by atoms with E-state index in [9.17, 15) is 9.59 Å². The van der Waals surface area contributed by atoms with Gasteiger partial charge in [-0.15, -0.1) is 0 Å². The van der Waals surface area contributed by atoms with Crippen molar-refractivity contribution >= 4 is 11.9 Å². The van der Waals surface area contributed by atoms with E-state index in [-0.39, 0.29) is 11.9 Å². The molecule has 19 heavy (non-hydrogen) atoms. The minimum Gasteiger partial charge on any atom is -0.469 e. The molecule has 1 N–H and O–H groups in total. The fourth-order valence-corrected chi connectivity index (χ4v) is 1.86. The number of aryl methyl sites for hydroxylation is 2. The maximum Gasteiger partial charge on any atom is 0.305 e. The highest BCUT2D eigenvalue weighted by atomic mass is 16.5. The number of carbonyl (C=O) groups excluding carboxylic acids is 2. The van der Waals surface area contributed by atoms with Gasteiger partial charge in [-0.3, -0.25) is 14.3 Å². The zero-order chi connectivity index (χ0) is 14.4. The van der Waals surface area contributed by atoms with Gasteiger partial charge in [-0.25, -0.2) is 0 Å².